The lowest BCUT2D eigenvalue weighted by atomic mass is 10.1. The second-order valence-electron chi connectivity index (χ2n) is 3.74. The average molecular weight is 220 g/mol. The molecule has 0 aliphatic carbocycles. The van der Waals surface area contributed by atoms with Crippen LogP contribution in [0.4, 0.5) is 10.1 Å². The van der Waals surface area contributed by atoms with E-state index in [2.05, 4.69) is 4.98 Å². The lowest BCUT2D eigenvalue weighted by Gasteiger charge is -2.10. The van der Waals surface area contributed by atoms with Gasteiger partial charge in [-0.05, 0) is 25.5 Å². The van der Waals surface area contributed by atoms with Gasteiger partial charge in [-0.1, -0.05) is 0 Å². The summed E-state index contributed by atoms with van der Waals surface area (Å²) in [6.45, 7) is 3.75. The summed E-state index contributed by atoms with van der Waals surface area (Å²) in [6, 6.07) is 2.93. The lowest BCUT2D eigenvalue weighted by molar-refractivity contribution is 0.387. The van der Waals surface area contributed by atoms with Crippen molar-refractivity contribution in [1.82, 2.24) is 4.98 Å². The predicted octanol–water partition coefficient (Wildman–Crippen LogP) is 2.58. The van der Waals surface area contributed by atoms with Gasteiger partial charge in [0.15, 0.2) is 11.6 Å². The van der Waals surface area contributed by atoms with Crippen LogP contribution < -0.4 is 10.5 Å². The van der Waals surface area contributed by atoms with E-state index in [1.54, 1.807) is 6.07 Å². The van der Waals surface area contributed by atoms with Crippen LogP contribution in [0.5, 0.6) is 5.75 Å². The molecule has 3 nitrogen and oxygen atoms in total. The van der Waals surface area contributed by atoms with Crippen molar-refractivity contribution in [3.05, 3.63) is 29.2 Å². The van der Waals surface area contributed by atoms with Gasteiger partial charge in [-0.15, -0.1) is 0 Å². The average Bonchev–Trinajstić information content (AvgIpc) is 2.26. The van der Waals surface area contributed by atoms with E-state index in [4.69, 9.17) is 10.5 Å². The topological polar surface area (TPSA) is 48.1 Å². The third kappa shape index (κ3) is 1.46. The zero-order valence-corrected chi connectivity index (χ0v) is 9.47. The Labute approximate surface area is 93.0 Å². The molecule has 0 radical (unpaired) electrons. The molecule has 0 fully saturated rings. The van der Waals surface area contributed by atoms with E-state index in [1.807, 2.05) is 13.8 Å². The normalized spacial score (nSPS) is 10.8. The second-order valence-corrected chi connectivity index (χ2v) is 3.74. The number of fused-ring (bicyclic) bond motifs is 1. The molecule has 2 N–H and O–H groups in total. The molecule has 1 heterocycles. The molecular formula is C12H13FN2O. The number of rotatable bonds is 1. The lowest BCUT2D eigenvalue weighted by Crippen LogP contribution is -1.99. The van der Waals surface area contributed by atoms with Crippen LogP contribution in [0, 0.1) is 19.7 Å². The molecule has 0 saturated carbocycles. The first-order chi connectivity index (χ1) is 7.54. The van der Waals surface area contributed by atoms with Gasteiger partial charge >= 0.3 is 0 Å². The summed E-state index contributed by atoms with van der Waals surface area (Å²) in [5.74, 6) is -0.241. The van der Waals surface area contributed by atoms with E-state index in [-0.39, 0.29) is 5.75 Å². The smallest absolute Gasteiger partial charge is 0.167 e. The molecule has 0 unspecified atom stereocenters. The minimum Gasteiger partial charge on any atom is -0.494 e. The third-order valence-corrected chi connectivity index (χ3v) is 2.80. The molecule has 0 atom stereocenters. The van der Waals surface area contributed by atoms with Crippen LogP contribution in [0.2, 0.25) is 0 Å². The SMILES string of the molecule is COc1cc2c(N)c(C)c(C)nc2cc1F. The highest BCUT2D eigenvalue weighted by Gasteiger charge is 2.11. The molecule has 4 heteroatoms. The van der Waals surface area contributed by atoms with Crippen LogP contribution in [0.15, 0.2) is 12.1 Å². The van der Waals surface area contributed by atoms with Gasteiger partial charge in [0.05, 0.1) is 12.6 Å². The molecule has 1 aromatic carbocycles. The molecule has 0 saturated heterocycles. The van der Waals surface area contributed by atoms with Crippen molar-refractivity contribution in [2.45, 2.75) is 13.8 Å². The first-order valence-corrected chi connectivity index (χ1v) is 4.94. The number of anilines is 1. The van der Waals surface area contributed by atoms with Crippen LogP contribution in [-0.4, -0.2) is 12.1 Å². The summed E-state index contributed by atoms with van der Waals surface area (Å²) >= 11 is 0. The molecule has 84 valence electrons. The summed E-state index contributed by atoms with van der Waals surface area (Å²) < 4.78 is 18.4. The number of nitrogens with zero attached hydrogens (tertiary/aromatic N) is 1. The molecule has 0 bridgehead atoms. The Kier molecular flexibility index (Phi) is 2.42. The second kappa shape index (κ2) is 3.63. The predicted molar refractivity (Wildman–Crippen MR) is 62.1 cm³/mol. The quantitative estimate of drug-likeness (QED) is 0.803. The van der Waals surface area contributed by atoms with E-state index in [0.29, 0.717) is 11.2 Å². The first kappa shape index (κ1) is 10.7. The molecule has 16 heavy (non-hydrogen) atoms. The minimum absolute atomic E-state index is 0.184. The van der Waals surface area contributed by atoms with Crippen LogP contribution >= 0.6 is 0 Å². The summed E-state index contributed by atoms with van der Waals surface area (Å²) in [4.78, 5) is 4.30. The van der Waals surface area contributed by atoms with Crippen molar-refractivity contribution in [2.24, 2.45) is 0 Å². The van der Waals surface area contributed by atoms with Crippen LogP contribution in [0.3, 0.4) is 0 Å². The zero-order chi connectivity index (χ0) is 11.9. The number of hydrogen-bond acceptors (Lipinski definition) is 3. The fraction of sp³-hybridized carbons (Fsp3) is 0.250. The van der Waals surface area contributed by atoms with E-state index < -0.39 is 5.82 Å². The standard InChI is InChI=1S/C12H13FN2O/c1-6-7(2)15-10-5-9(13)11(16-3)4-8(10)12(6)14/h4-5H,1-3H3,(H2,14,15). The Morgan fingerprint density at radius 1 is 1.31 bits per heavy atom. The van der Waals surface area contributed by atoms with Crippen molar-refractivity contribution < 1.29 is 9.13 Å². The third-order valence-electron chi connectivity index (χ3n) is 2.80. The monoisotopic (exact) mass is 220 g/mol. The highest BCUT2D eigenvalue weighted by molar-refractivity contribution is 5.93. The van der Waals surface area contributed by atoms with Crippen molar-refractivity contribution in [2.75, 3.05) is 12.8 Å². The maximum Gasteiger partial charge on any atom is 0.167 e. The maximum absolute atomic E-state index is 13.5. The Morgan fingerprint density at radius 3 is 2.62 bits per heavy atom. The molecule has 2 rings (SSSR count). The number of halogens is 1. The summed E-state index contributed by atoms with van der Waals surface area (Å²) in [7, 11) is 1.43. The van der Waals surface area contributed by atoms with Crippen molar-refractivity contribution >= 4 is 16.6 Å². The van der Waals surface area contributed by atoms with Crippen LogP contribution in [0.25, 0.3) is 10.9 Å². The Balaban J connectivity index is 2.86. The Hall–Kier alpha value is -1.84. The van der Waals surface area contributed by atoms with Gasteiger partial charge in [-0.25, -0.2) is 4.39 Å². The van der Waals surface area contributed by atoms with Gasteiger partial charge in [-0.3, -0.25) is 4.98 Å². The van der Waals surface area contributed by atoms with E-state index in [9.17, 15) is 4.39 Å². The van der Waals surface area contributed by atoms with Gasteiger partial charge in [0.25, 0.3) is 0 Å². The fourth-order valence-electron chi connectivity index (χ4n) is 1.67. The number of pyridine rings is 1. The molecule has 0 aliphatic rings. The highest BCUT2D eigenvalue weighted by Crippen LogP contribution is 2.30. The number of aromatic nitrogens is 1. The summed E-state index contributed by atoms with van der Waals surface area (Å²) in [5.41, 5.74) is 8.89. The van der Waals surface area contributed by atoms with E-state index in [0.717, 1.165) is 16.6 Å². The number of methoxy groups -OCH3 is 1. The van der Waals surface area contributed by atoms with Gasteiger partial charge in [-0.2, -0.15) is 0 Å². The molecule has 0 spiro atoms. The Bertz CT molecular complexity index is 567. The zero-order valence-electron chi connectivity index (χ0n) is 9.47. The number of nitrogens with two attached hydrogens (primary N) is 1. The first-order valence-electron chi connectivity index (χ1n) is 4.94. The molecular weight excluding hydrogens is 207 g/mol. The molecule has 0 aliphatic heterocycles. The van der Waals surface area contributed by atoms with E-state index >= 15 is 0 Å². The van der Waals surface area contributed by atoms with Crippen molar-refractivity contribution in [1.29, 1.82) is 0 Å². The van der Waals surface area contributed by atoms with Gasteiger partial charge in [0, 0.05) is 22.8 Å². The number of nitrogen functional groups attached to an aromatic ring is 1. The van der Waals surface area contributed by atoms with Crippen molar-refractivity contribution in [3.8, 4) is 5.75 Å². The highest BCUT2D eigenvalue weighted by atomic mass is 19.1. The fourth-order valence-corrected chi connectivity index (χ4v) is 1.67. The van der Waals surface area contributed by atoms with Crippen molar-refractivity contribution in [3.63, 3.8) is 0 Å². The van der Waals surface area contributed by atoms with Crippen LogP contribution in [-0.2, 0) is 0 Å². The van der Waals surface area contributed by atoms with Gasteiger partial charge < -0.3 is 10.5 Å². The minimum atomic E-state index is -0.426. The molecule has 1 aromatic heterocycles. The maximum atomic E-state index is 13.5. The van der Waals surface area contributed by atoms with Gasteiger partial charge in [0.1, 0.15) is 0 Å². The van der Waals surface area contributed by atoms with Gasteiger partial charge in [0.2, 0.25) is 0 Å². The number of aryl methyl sites for hydroxylation is 1. The summed E-state index contributed by atoms with van der Waals surface area (Å²) in [5, 5.41) is 0.723. The number of benzene rings is 1. The Morgan fingerprint density at radius 2 is 2.00 bits per heavy atom. The largest absolute Gasteiger partial charge is 0.494 e. The number of hydrogen-bond donors (Lipinski definition) is 1. The summed E-state index contributed by atoms with van der Waals surface area (Å²) in [6.07, 6.45) is 0. The molecule has 2 aromatic rings. The van der Waals surface area contributed by atoms with Crippen LogP contribution in [0.1, 0.15) is 11.3 Å². The van der Waals surface area contributed by atoms with E-state index in [1.165, 1.54) is 13.2 Å². The molecule has 0 amide bonds. The number of ether oxygens (including phenoxy) is 1.